The van der Waals surface area contributed by atoms with Gasteiger partial charge in [0, 0.05) is 22.4 Å². The molecule has 1 aromatic carbocycles. The molecule has 16 heavy (non-hydrogen) atoms. The second-order valence-electron chi connectivity index (χ2n) is 3.84. The van der Waals surface area contributed by atoms with E-state index < -0.39 is 0 Å². The number of carbonyl (C=O) groups is 2. The van der Waals surface area contributed by atoms with Crippen LogP contribution in [0.5, 0.6) is 0 Å². The lowest BCUT2D eigenvalue weighted by Gasteiger charge is -2.08. The predicted octanol–water partition coefficient (Wildman–Crippen LogP) is 2.68. The van der Waals surface area contributed by atoms with Crippen LogP contribution in [0.15, 0.2) is 22.7 Å². The summed E-state index contributed by atoms with van der Waals surface area (Å²) in [6, 6.07) is 5.61. The third-order valence-corrected chi connectivity index (χ3v) is 3.32. The van der Waals surface area contributed by atoms with Crippen LogP contribution in [0.2, 0.25) is 0 Å². The molecule has 0 N–H and O–H groups in total. The molecule has 0 fully saturated rings. The highest BCUT2D eigenvalue weighted by molar-refractivity contribution is 9.10. The Hall–Kier alpha value is -1.16. The van der Waals surface area contributed by atoms with Gasteiger partial charge in [0.2, 0.25) is 0 Å². The second kappa shape index (κ2) is 4.37. The smallest absolute Gasteiger partial charge is 0.306 e. The van der Waals surface area contributed by atoms with Crippen molar-refractivity contribution in [3.63, 3.8) is 0 Å². The predicted molar refractivity (Wildman–Crippen MR) is 62.5 cm³/mol. The van der Waals surface area contributed by atoms with Crippen LogP contribution in [0, 0.1) is 0 Å². The molecule has 2 rings (SSSR count). The van der Waals surface area contributed by atoms with E-state index in [-0.39, 0.29) is 24.1 Å². The maximum absolute atomic E-state index is 11.7. The summed E-state index contributed by atoms with van der Waals surface area (Å²) in [6.45, 7) is 0. The standard InChI is InChI=1S/C12H11BrO3/c1-16-12(15)5-7-4-11(14)10-6-8(13)2-3-9(7)10/h2-3,6-7H,4-5H2,1H3/t7-/m0/s1. The molecular formula is C12H11BrO3. The van der Waals surface area contributed by atoms with Crippen LogP contribution in [0.25, 0.3) is 0 Å². The maximum atomic E-state index is 11.7. The van der Waals surface area contributed by atoms with Crippen molar-refractivity contribution in [1.82, 2.24) is 0 Å². The van der Waals surface area contributed by atoms with Crippen molar-refractivity contribution in [1.29, 1.82) is 0 Å². The number of fused-ring (bicyclic) bond motifs is 1. The first-order chi connectivity index (χ1) is 7.61. The largest absolute Gasteiger partial charge is 0.469 e. The molecule has 84 valence electrons. The maximum Gasteiger partial charge on any atom is 0.306 e. The summed E-state index contributed by atoms with van der Waals surface area (Å²) in [4.78, 5) is 22.9. The van der Waals surface area contributed by atoms with Gasteiger partial charge in [-0.2, -0.15) is 0 Å². The van der Waals surface area contributed by atoms with E-state index in [1.54, 1.807) is 0 Å². The van der Waals surface area contributed by atoms with Crippen LogP contribution in [-0.4, -0.2) is 18.9 Å². The Morgan fingerprint density at radius 1 is 1.56 bits per heavy atom. The molecular weight excluding hydrogens is 272 g/mol. The Balaban J connectivity index is 2.29. The summed E-state index contributed by atoms with van der Waals surface area (Å²) in [5, 5.41) is 0. The van der Waals surface area contributed by atoms with Crippen molar-refractivity contribution in [2.45, 2.75) is 18.8 Å². The minimum atomic E-state index is -0.270. The molecule has 3 nitrogen and oxygen atoms in total. The molecule has 0 saturated heterocycles. The molecule has 0 heterocycles. The van der Waals surface area contributed by atoms with E-state index in [1.165, 1.54) is 7.11 Å². The number of benzene rings is 1. The molecule has 0 amide bonds. The fourth-order valence-electron chi connectivity index (χ4n) is 2.04. The first-order valence-electron chi connectivity index (χ1n) is 5.01. The molecule has 1 aliphatic rings. The van der Waals surface area contributed by atoms with Crippen LogP contribution in [0.4, 0.5) is 0 Å². The van der Waals surface area contributed by atoms with Gasteiger partial charge in [0.25, 0.3) is 0 Å². The molecule has 0 aliphatic heterocycles. The van der Waals surface area contributed by atoms with E-state index in [4.69, 9.17) is 0 Å². The van der Waals surface area contributed by atoms with Crippen LogP contribution < -0.4 is 0 Å². The number of hydrogen-bond donors (Lipinski definition) is 0. The van der Waals surface area contributed by atoms with E-state index in [0.717, 1.165) is 15.6 Å². The quantitative estimate of drug-likeness (QED) is 0.784. The molecule has 0 spiro atoms. The first-order valence-corrected chi connectivity index (χ1v) is 5.80. The zero-order valence-corrected chi connectivity index (χ0v) is 10.4. The van der Waals surface area contributed by atoms with Crippen LogP contribution in [0.3, 0.4) is 0 Å². The van der Waals surface area contributed by atoms with E-state index in [1.807, 2.05) is 18.2 Å². The molecule has 1 aromatic rings. The number of ketones is 1. The molecule has 0 unspecified atom stereocenters. The summed E-state index contributed by atoms with van der Waals surface area (Å²) < 4.78 is 5.51. The number of ether oxygens (including phenoxy) is 1. The van der Waals surface area contributed by atoms with Crippen LogP contribution in [0.1, 0.15) is 34.7 Å². The number of halogens is 1. The minimum absolute atomic E-state index is 0.0250. The van der Waals surface area contributed by atoms with Gasteiger partial charge in [0.15, 0.2) is 5.78 Å². The number of esters is 1. The van der Waals surface area contributed by atoms with E-state index >= 15 is 0 Å². The lowest BCUT2D eigenvalue weighted by molar-refractivity contribution is -0.141. The van der Waals surface area contributed by atoms with Crippen molar-refractivity contribution < 1.29 is 14.3 Å². The van der Waals surface area contributed by atoms with E-state index in [0.29, 0.717) is 6.42 Å². The fraction of sp³-hybridized carbons (Fsp3) is 0.333. The summed E-state index contributed by atoms with van der Waals surface area (Å²) in [5.74, 6) is -0.193. The van der Waals surface area contributed by atoms with Crippen molar-refractivity contribution in [3.05, 3.63) is 33.8 Å². The highest BCUT2D eigenvalue weighted by Crippen LogP contribution is 2.36. The number of Topliss-reactive ketones (excluding diaryl/α,β-unsaturated/α-hetero) is 1. The normalized spacial score (nSPS) is 18.4. The van der Waals surface area contributed by atoms with Crippen LogP contribution >= 0.6 is 15.9 Å². The second-order valence-corrected chi connectivity index (χ2v) is 4.75. The summed E-state index contributed by atoms with van der Waals surface area (Å²) in [6.07, 6.45) is 0.678. The molecule has 4 heteroatoms. The zero-order valence-electron chi connectivity index (χ0n) is 8.83. The van der Waals surface area contributed by atoms with Gasteiger partial charge in [-0.25, -0.2) is 0 Å². The lowest BCUT2D eigenvalue weighted by atomic mass is 9.98. The molecule has 1 aliphatic carbocycles. The van der Waals surface area contributed by atoms with Crippen molar-refractivity contribution in [2.24, 2.45) is 0 Å². The number of methoxy groups -OCH3 is 1. The van der Waals surface area contributed by atoms with Gasteiger partial charge in [-0.3, -0.25) is 9.59 Å². The summed E-state index contributed by atoms with van der Waals surface area (Å²) in [7, 11) is 1.36. The number of carbonyl (C=O) groups excluding carboxylic acids is 2. The average Bonchev–Trinajstić information content (AvgIpc) is 2.55. The third-order valence-electron chi connectivity index (χ3n) is 2.83. The Bertz CT molecular complexity index is 454. The van der Waals surface area contributed by atoms with E-state index in [2.05, 4.69) is 20.7 Å². The monoisotopic (exact) mass is 282 g/mol. The Morgan fingerprint density at radius 3 is 3.00 bits per heavy atom. The minimum Gasteiger partial charge on any atom is -0.469 e. The molecule has 0 radical (unpaired) electrons. The Morgan fingerprint density at radius 2 is 2.31 bits per heavy atom. The fourth-order valence-corrected chi connectivity index (χ4v) is 2.40. The number of rotatable bonds is 2. The van der Waals surface area contributed by atoms with Gasteiger partial charge in [-0.15, -0.1) is 0 Å². The topological polar surface area (TPSA) is 43.4 Å². The van der Waals surface area contributed by atoms with Gasteiger partial charge in [-0.05, 0) is 17.7 Å². The first kappa shape index (κ1) is 11.3. The van der Waals surface area contributed by atoms with Gasteiger partial charge >= 0.3 is 5.97 Å². The summed E-state index contributed by atoms with van der Waals surface area (Å²) in [5.41, 5.74) is 1.68. The van der Waals surface area contributed by atoms with Gasteiger partial charge in [0.1, 0.15) is 0 Å². The van der Waals surface area contributed by atoms with Gasteiger partial charge in [-0.1, -0.05) is 22.0 Å². The lowest BCUT2D eigenvalue weighted by Crippen LogP contribution is -2.06. The Kier molecular flexibility index (Phi) is 3.10. The Labute approximate surface area is 102 Å². The highest BCUT2D eigenvalue weighted by Gasteiger charge is 2.30. The molecule has 0 bridgehead atoms. The number of hydrogen-bond acceptors (Lipinski definition) is 3. The van der Waals surface area contributed by atoms with Gasteiger partial charge in [0.05, 0.1) is 13.5 Å². The SMILES string of the molecule is COC(=O)C[C@@H]1CC(=O)c2cc(Br)ccc21. The zero-order chi connectivity index (χ0) is 11.7. The van der Waals surface area contributed by atoms with Crippen molar-refractivity contribution in [2.75, 3.05) is 7.11 Å². The third kappa shape index (κ3) is 2.02. The van der Waals surface area contributed by atoms with Crippen LogP contribution in [-0.2, 0) is 9.53 Å². The average molecular weight is 283 g/mol. The molecule has 0 saturated carbocycles. The van der Waals surface area contributed by atoms with Crippen molar-refractivity contribution in [3.8, 4) is 0 Å². The van der Waals surface area contributed by atoms with E-state index in [9.17, 15) is 9.59 Å². The molecule has 0 aromatic heterocycles. The van der Waals surface area contributed by atoms with Gasteiger partial charge < -0.3 is 4.74 Å². The van der Waals surface area contributed by atoms with Crippen molar-refractivity contribution >= 4 is 27.7 Å². The highest BCUT2D eigenvalue weighted by atomic mass is 79.9. The summed E-state index contributed by atoms with van der Waals surface area (Å²) >= 11 is 3.33. The molecule has 1 atom stereocenters.